The third-order valence-corrected chi connectivity index (χ3v) is 4.13. The monoisotopic (exact) mass is 462 g/mol. The molecule has 0 amide bonds. The fraction of sp³-hybridized carbons (Fsp3) is 0.536. The van der Waals surface area contributed by atoms with Gasteiger partial charge in [0.15, 0.2) is 0 Å². The van der Waals surface area contributed by atoms with Gasteiger partial charge in [-0.15, -0.1) is 0 Å². The number of hydrogen-bond acceptors (Lipinski definition) is 5. The molecule has 0 fully saturated rings. The first-order valence-corrected chi connectivity index (χ1v) is 11.7. The van der Waals surface area contributed by atoms with Gasteiger partial charge in [0.25, 0.3) is 0 Å². The van der Waals surface area contributed by atoms with Gasteiger partial charge >= 0.3 is 6.16 Å². The van der Waals surface area contributed by atoms with Gasteiger partial charge in [0.1, 0.15) is 5.75 Å². The first-order chi connectivity index (χ1) is 15.7. The summed E-state index contributed by atoms with van der Waals surface area (Å²) >= 11 is 0. The number of carbonyl (C=O) groups is 1. The molecule has 0 aliphatic heterocycles. The summed E-state index contributed by atoms with van der Waals surface area (Å²) in [6.07, 6.45) is 2.86. The van der Waals surface area contributed by atoms with Gasteiger partial charge in [-0.3, -0.25) is 0 Å². The number of carbonyl (C=O) groups excluding carboxylic acids is 1. The Hall–Kier alpha value is -2.53. The topological polar surface area (TPSA) is 54.0 Å². The number of aryl methyl sites for hydroxylation is 3. The molecule has 0 aliphatic rings. The zero-order valence-electron chi connectivity index (χ0n) is 22.3. The Balaban J connectivity index is 0. The Labute approximate surface area is 202 Å². The lowest BCUT2D eigenvalue weighted by atomic mass is 10.1. The van der Waals surface area contributed by atoms with Crippen LogP contribution in [0.1, 0.15) is 64.2 Å². The summed E-state index contributed by atoms with van der Waals surface area (Å²) in [5.74, 6) is 0.917. The van der Waals surface area contributed by atoms with Crippen LogP contribution < -0.4 is 4.74 Å². The molecule has 2 aromatic carbocycles. The van der Waals surface area contributed by atoms with Crippen LogP contribution in [-0.2, 0) is 20.6 Å². The number of methoxy groups -OCH3 is 2. The zero-order chi connectivity index (χ0) is 25.5. The van der Waals surface area contributed by atoms with Crippen LogP contribution in [0.2, 0.25) is 0 Å². The number of unbranched alkanes of at least 4 members (excludes halogenated alkanes) is 1. The molecular formula is C28H46O5. The van der Waals surface area contributed by atoms with Crippen LogP contribution in [0.15, 0.2) is 48.5 Å². The van der Waals surface area contributed by atoms with E-state index in [0.29, 0.717) is 0 Å². The maximum atomic E-state index is 10.2. The van der Waals surface area contributed by atoms with E-state index < -0.39 is 6.16 Å². The summed E-state index contributed by atoms with van der Waals surface area (Å²) in [5.41, 5.74) is 4.02. The molecule has 0 unspecified atom stereocenters. The van der Waals surface area contributed by atoms with E-state index in [1.165, 1.54) is 36.6 Å². The van der Waals surface area contributed by atoms with Crippen LogP contribution in [-0.4, -0.2) is 39.7 Å². The Bertz CT molecular complexity index is 629. The first kappa shape index (κ1) is 32.6. The van der Waals surface area contributed by atoms with Crippen LogP contribution in [0.4, 0.5) is 4.79 Å². The molecular weight excluding hydrogens is 416 g/mol. The normalized spacial score (nSPS) is 9.27. The molecule has 0 atom stereocenters. The number of rotatable bonds is 7. The van der Waals surface area contributed by atoms with E-state index in [9.17, 15) is 4.79 Å². The zero-order valence-corrected chi connectivity index (χ0v) is 22.3. The van der Waals surface area contributed by atoms with Crippen molar-refractivity contribution in [1.82, 2.24) is 0 Å². The summed E-state index contributed by atoms with van der Waals surface area (Å²) in [6, 6.07) is 16.6. The molecule has 0 aliphatic carbocycles. The summed E-state index contributed by atoms with van der Waals surface area (Å²) in [7, 11) is 2.95. The minimum Gasteiger partial charge on any atom is -0.497 e. The predicted molar refractivity (Wildman–Crippen MR) is 138 cm³/mol. The molecule has 0 spiro atoms. The number of ether oxygens (including phenoxy) is 4. The third kappa shape index (κ3) is 22.5. The second-order valence-corrected chi connectivity index (χ2v) is 7.53. The van der Waals surface area contributed by atoms with Crippen molar-refractivity contribution in [3.05, 3.63) is 65.2 Å². The predicted octanol–water partition coefficient (Wildman–Crippen LogP) is 7.56. The molecule has 0 saturated carbocycles. The van der Waals surface area contributed by atoms with E-state index in [0.717, 1.165) is 25.4 Å². The van der Waals surface area contributed by atoms with Crippen molar-refractivity contribution in [3.8, 4) is 5.75 Å². The third-order valence-electron chi connectivity index (χ3n) is 4.13. The van der Waals surface area contributed by atoms with Gasteiger partial charge in [-0.2, -0.15) is 0 Å². The molecule has 2 aromatic rings. The van der Waals surface area contributed by atoms with Crippen LogP contribution >= 0.6 is 0 Å². The lowest BCUT2D eigenvalue weighted by molar-refractivity contribution is 0.0496. The molecule has 0 N–H and O–H groups in total. The number of hydrogen-bond donors (Lipinski definition) is 0. The Morgan fingerprint density at radius 2 is 1.36 bits per heavy atom. The van der Waals surface area contributed by atoms with Gasteiger partial charge in [-0.1, -0.05) is 67.8 Å². The van der Waals surface area contributed by atoms with E-state index >= 15 is 0 Å². The number of benzene rings is 2. The molecule has 0 heterocycles. The van der Waals surface area contributed by atoms with E-state index in [1.54, 1.807) is 21.0 Å². The van der Waals surface area contributed by atoms with E-state index in [-0.39, 0.29) is 6.10 Å². The summed E-state index contributed by atoms with van der Waals surface area (Å²) in [4.78, 5) is 10.2. The molecule has 5 heteroatoms. The van der Waals surface area contributed by atoms with Gasteiger partial charge in [0, 0.05) is 13.2 Å². The second-order valence-electron chi connectivity index (χ2n) is 7.53. The molecule has 2 rings (SSSR count). The van der Waals surface area contributed by atoms with Gasteiger partial charge < -0.3 is 18.9 Å². The Morgan fingerprint density at radius 3 is 1.70 bits per heavy atom. The Kier molecular flexibility index (Phi) is 22.4. The highest BCUT2D eigenvalue weighted by atomic mass is 16.7. The van der Waals surface area contributed by atoms with Gasteiger partial charge in [-0.25, -0.2) is 4.79 Å². The van der Waals surface area contributed by atoms with Crippen LogP contribution in [0.3, 0.4) is 0 Å². The van der Waals surface area contributed by atoms with Crippen molar-refractivity contribution >= 4 is 6.16 Å². The van der Waals surface area contributed by atoms with Crippen molar-refractivity contribution < 1.29 is 23.7 Å². The maximum Gasteiger partial charge on any atom is 0.508 e. The summed E-state index contributed by atoms with van der Waals surface area (Å²) < 4.78 is 18.8. The van der Waals surface area contributed by atoms with Crippen molar-refractivity contribution in [2.24, 2.45) is 0 Å². The highest BCUT2D eigenvalue weighted by Crippen LogP contribution is 2.09. The smallest absolute Gasteiger partial charge is 0.497 e. The average molecular weight is 463 g/mol. The van der Waals surface area contributed by atoms with E-state index in [2.05, 4.69) is 61.4 Å². The Morgan fingerprint density at radius 1 is 0.848 bits per heavy atom. The van der Waals surface area contributed by atoms with Crippen molar-refractivity contribution in [1.29, 1.82) is 0 Å². The fourth-order valence-electron chi connectivity index (χ4n) is 2.13. The maximum absolute atomic E-state index is 10.2. The molecule has 188 valence electrons. The fourth-order valence-corrected chi connectivity index (χ4v) is 2.13. The molecule has 5 nitrogen and oxygen atoms in total. The largest absolute Gasteiger partial charge is 0.508 e. The molecule has 0 bridgehead atoms. The highest BCUT2D eigenvalue weighted by molar-refractivity contribution is 5.59. The van der Waals surface area contributed by atoms with E-state index in [1.807, 2.05) is 31.2 Å². The van der Waals surface area contributed by atoms with Crippen LogP contribution in [0, 0.1) is 13.8 Å². The minimum absolute atomic E-state index is 0.0950. The second kappa shape index (κ2) is 22.7. The van der Waals surface area contributed by atoms with Crippen LogP contribution in [0.25, 0.3) is 0 Å². The molecule has 33 heavy (non-hydrogen) atoms. The quantitative estimate of drug-likeness (QED) is 0.314. The summed E-state index contributed by atoms with van der Waals surface area (Å²) in [6.45, 7) is 15.8. The lowest BCUT2D eigenvalue weighted by Crippen LogP contribution is -2.10. The van der Waals surface area contributed by atoms with Crippen LogP contribution in [0.5, 0.6) is 5.75 Å². The standard InChI is InChI=1S/C9H12.C8H10O.C6H14O.C5H10O3/c1-3-9-6-4-8(2)5-7-9;1-7-3-5-8(9-2)6-4-7;1-3-5-6-7-4-2;1-4(2)8-5(6)7-3/h4-7H,3H2,1-2H3;3-6H,1-2H3;3-6H2,1-2H3;4H,1-3H3. The minimum atomic E-state index is -0.625. The molecule has 0 radical (unpaired) electrons. The van der Waals surface area contributed by atoms with Crippen molar-refractivity contribution in [2.75, 3.05) is 27.4 Å². The van der Waals surface area contributed by atoms with Gasteiger partial charge in [0.05, 0.1) is 20.3 Å². The average Bonchev–Trinajstić information content (AvgIpc) is 2.81. The van der Waals surface area contributed by atoms with Crippen molar-refractivity contribution in [2.45, 2.75) is 73.8 Å². The molecule has 0 aromatic heterocycles. The molecule has 0 saturated heterocycles. The first-order valence-electron chi connectivity index (χ1n) is 11.7. The van der Waals surface area contributed by atoms with Gasteiger partial charge in [-0.05, 0) is 65.2 Å². The van der Waals surface area contributed by atoms with Gasteiger partial charge in [0.2, 0.25) is 0 Å². The highest BCUT2D eigenvalue weighted by Gasteiger charge is 2.01. The SMILES string of the molecule is CCCCOCC.CCc1ccc(C)cc1.COC(=O)OC(C)C.COc1ccc(C)cc1. The van der Waals surface area contributed by atoms with Crippen molar-refractivity contribution in [3.63, 3.8) is 0 Å². The van der Waals surface area contributed by atoms with E-state index in [4.69, 9.17) is 9.47 Å². The lowest BCUT2D eigenvalue weighted by Gasteiger charge is -2.03. The summed E-state index contributed by atoms with van der Waals surface area (Å²) in [5, 5.41) is 0.